The molecule has 1 aromatic rings. The first-order valence-corrected chi connectivity index (χ1v) is 8.50. The first-order chi connectivity index (χ1) is 10.5. The number of fused-ring (bicyclic) bond motifs is 1. The molecule has 2 fully saturated rings. The SMILES string of the molecule is CC(C)(C)c1ccc(C(=O)N2CCOC3CCCCC32)cc1. The van der Waals surface area contributed by atoms with Crippen LogP contribution in [0, 0.1) is 0 Å². The molecule has 2 unspecified atom stereocenters. The van der Waals surface area contributed by atoms with Gasteiger partial charge in [0.2, 0.25) is 0 Å². The van der Waals surface area contributed by atoms with Gasteiger partial charge in [0, 0.05) is 12.1 Å². The summed E-state index contributed by atoms with van der Waals surface area (Å²) >= 11 is 0. The Morgan fingerprint density at radius 2 is 1.82 bits per heavy atom. The smallest absolute Gasteiger partial charge is 0.254 e. The molecular weight excluding hydrogens is 274 g/mol. The highest BCUT2D eigenvalue weighted by Gasteiger charge is 2.36. The Kier molecular flexibility index (Phi) is 4.26. The number of amides is 1. The van der Waals surface area contributed by atoms with E-state index in [-0.39, 0.29) is 23.5 Å². The molecule has 1 aliphatic heterocycles. The Hall–Kier alpha value is -1.35. The number of carbonyl (C=O) groups excluding carboxylic acids is 1. The van der Waals surface area contributed by atoms with Gasteiger partial charge in [-0.25, -0.2) is 0 Å². The molecule has 0 N–H and O–H groups in total. The summed E-state index contributed by atoms with van der Waals surface area (Å²) in [5, 5.41) is 0. The van der Waals surface area contributed by atoms with E-state index in [0.29, 0.717) is 6.61 Å². The molecule has 1 saturated heterocycles. The second kappa shape index (κ2) is 6.04. The van der Waals surface area contributed by atoms with Crippen molar-refractivity contribution in [3.63, 3.8) is 0 Å². The second-order valence-electron chi connectivity index (χ2n) is 7.59. The average Bonchev–Trinajstić information content (AvgIpc) is 2.53. The summed E-state index contributed by atoms with van der Waals surface area (Å²) in [5.41, 5.74) is 2.19. The number of ether oxygens (including phenoxy) is 1. The summed E-state index contributed by atoms with van der Waals surface area (Å²) in [4.78, 5) is 14.9. The Morgan fingerprint density at radius 1 is 1.14 bits per heavy atom. The van der Waals surface area contributed by atoms with Crippen LogP contribution in [-0.4, -0.2) is 36.1 Å². The van der Waals surface area contributed by atoms with Gasteiger partial charge in [-0.3, -0.25) is 4.79 Å². The van der Waals surface area contributed by atoms with E-state index in [2.05, 4.69) is 37.8 Å². The van der Waals surface area contributed by atoms with Crippen molar-refractivity contribution < 1.29 is 9.53 Å². The molecule has 1 aliphatic carbocycles. The van der Waals surface area contributed by atoms with Gasteiger partial charge < -0.3 is 9.64 Å². The van der Waals surface area contributed by atoms with Crippen molar-refractivity contribution in [2.45, 2.75) is 64.0 Å². The van der Waals surface area contributed by atoms with E-state index in [1.807, 2.05) is 12.1 Å². The second-order valence-corrected chi connectivity index (χ2v) is 7.59. The van der Waals surface area contributed by atoms with Gasteiger partial charge in [-0.15, -0.1) is 0 Å². The molecular formula is C19H27NO2. The summed E-state index contributed by atoms with van der Waals surface area (Å²) in [6.07, 6.45) is 4.86. The number of benzene rings is 1. The van der Waals surface area contributed by atoms with Crippen LogP contribution in [0.4, 0.5) is 0 Å². The fourth-order valence-electron chi connectivity index (χ4n) is 3.63. The molecule has 0 bridgehead atoms. The molecule has 1 saturated carbocycles. The lowest BCUT2D eigenvalue weighted by Gasteiger charge is -2.43. The molecule has 1 heterocycles. The van der Waals surface area contributed by atoms with Crippen LogP contribution in [0.1, 0.15) is 62.4 Å². The summed E-state index contributed by atoms with van der Waals surface area (Å²) < 4.78 is 5.87. The van der Waals surface area contributed by atoms with Crippen LogP contribution in [0.5, 0.6) is 0 Å². The molecule has 0 aromatic heterocycles. The summed E-state index contributed by atoms with van der Waals surface area (Å²) in [5.74, 6) is 0.167. The normalized spacial score (nSPS) is 25.7. The van der Waals surface area contributed by atoms with Gasteiger partial charge in [-0.1, -0.05) is 45.7 Å². The number of hydrogen-bond acceptors (Lipinski definition) is 2. The molecule has 3 rings (SSSR count). The Bertz CT molecular complexity index is 527. The number of morpholine rings is 1. The van der Waals surface area contributed by atoms with Crippen molar-refractivity contribution in [3.05, 3.63) is 35.4 Å². The van der Waals surface area contributed by atoms with E-state index in [9.17, 15) is 4.79 Å². The van der Waals surface area contributed by atoms with Gasteiger partial charge in [-0.05, 0) is 36.0 Å². The fourth-order valence-corrected chi connectivity index (χ4v) is 3.63. The van der Waals surface area contributed by atoms with Crippen molar-refractivity contribution in [2.24, 2.45) is 0 Å². The first-order valence-electron chi connectivity index (χ1n) is 8.50. The number of hydrogen-bond donors (Lipinski definition) is 0. The lowest BCUT2D eigenvalue weighted by atomic mass is 9.86. The number of rotatable bonds is 1. The van der Waals surface area contributed by atoms with Crippen LogP contribution in [0.3, 0.4) is 0 Å². The predicted molar refractivity (Wildman–Crippen MR) is 88.2 cm³/mol. The first kappa shape index (κ1) is 15.5. The van der Waals surface area contributed by atoms with Crippen LogP contribution >= 0.6 is 0 Å². The van der Waals surface area contributed by atoms with Crippen molar-refractivity contribution in [2.75, 3.05) is 13.2 Å². The molecule has 22 heavy (non-hydrogen) atoms. The van der Waals surface area contributed by atoms with Crippen LogP contribution in [0.15, 0.2) is 24.3 Å². The lowest BCUT2D eigenvalue weighted by Crippen LogP contribution is -2.54. The fraction of sp³-hybridized carbons (Fsp3) is 0.632. The third-order valence-electron chi connectivity index (χ3n) is 4.99. The van der Waals surface area contributed by atoms with Crippen LogP contribution < -0.4 is 0 Å². The van der Waals surface area contributed by atoms with Gasteiger partial charge in [-0.2, -0.15) is 0 Å². The minimum Gasteiger partial charge on any atom is -0.374 e. The zero-order chi connectivity index (χ0) is 15.7. The molecule has 1 aromatic carbocycles. The molecule has 3 nitrogen and oxygen atoms in total. The average molecular weight is 301 g/mol. The molecule has 1 amide bonds. The van der Waals surface area contributed by atoms with Crippen molar-refractivity contribution in [3.8, 4) is 0 Å². The Morgan fingerprint density at radius 3 is 2.50 bits per heavy atom. The Balaban J connectivity index is 1.78. The van der Waals surface area contributed by atoms with E-state index in [1.54, 1.807) is 0 Å². The van der Waals surface area contributed by atoms with Crippen LogP contribution in [0.25, 0.3) is 0 Å². The van der Waals surface area contributed by atoms with Crippen molar-refractivity contribution in [1.29, 1.82) is 0 Å². The van der Waals surface area contributed by atoms with E-state index < -0.39 is 0 Å². The molecule has 0 radical (unpaired) electrons. The van der Waals surface area contributed by atoms with E-state index in [4.69, 9.17) is 4.74 Å². The van der Waals surface area contributed by atoms with Gasteiger partial charge in [0.1, 0.15) is 0 Å². The molecule has 120 valence electrons. The third kappa shape index (κ3) is 3.05. The molecule has 3 heteroatoms. The zero-order valence-corrected chi connectivity index (χ0v) is 14.0. The maximum atomic E-state index is 12.9. The standard InChI is InChI=1S/C19H27NO2/c1-19(2,3)15-10-8-14(9-11-15)18(21)20-12-13-22-17-7-5-4-6-16(17)20/h8-11,16-17H,4-7,12-13H2,1-3H3. The van der Waals surface area contributed by atoms with E-state index >= 15 is 0 Å². The minimum absolute atomic E-state index is 0.120. The van der Waals surface area contributed by atoms with E-state index in [0.717, 1.165) is 24.9 Å². The van der Waals surface area contributed by atoms with E-state index in [1.165, 1.54) is 18.4 Å². The lowest BCUT2D eigenvalue weighted by molar-refractivity contribution is -0.0752. The largest absolute Gasteiger partial charge is 0.374 e. The molecule has 2 aliphatic rings. The van der Waals surface area contributed by atoms with Crippen molar-refractivity contribution >= 4 is 5.91 Å². The molecule has 2 atom stereocenters. The summed E-state index contributed by atoms with van der Waals surface area (Å²) in [6.45, 7) is 7.98. The number of nitrogens with zero attached hydrogens (tertiary/aromatic N) is 1. The van der Waals surface area contributed by atoms with Gasteiger partial charge in [0.25, 0.3) is 5.91 Å². The minimum atomic E-state index is 0.120. The van der Waals surface area contributed by atoms with Crippen molar-refractivity contribution in [1.82, 2.24) is 4.90 Å². The summed E-state index contributed by atoms with van der Waals surface area (Å²) in [7, 11) is 0. The summed E-state index contributed by atoms with van der Waals surface area (Å²) in [6, 6.07) is 8.42. The highest BCUT2D eigenvalue weighted by atomic mass is 16.5. The predicted octanol–water partition coefficient (Wildman–Crippen LogP) is 3.77. The van der Waals surface area contributed by atoms with Gasteiger partial charge >= 0.3 is 0 Å². The van der Waals surface area contributed by atoms with Gasteiger partial charge in [0.15, 0.2) is 0 Å². The Labute approximate surface area is 133 Å². The molecule has 0 spiro atoms. The topological polar surface area (TPSA) is 29.5 Å². The highest BCUT2D eigenvalue weighted by Crippen LogP contribution is 2.30. The van der Waals surface area contributed by atoms with Gasteiger partial charge in [0.05, 0.1) is 18.8 Å². The maximum absolute atomic E-state index is 12.9. The monoisotopic (exact) mass is 301 g/mol. The maximum Gasteiger partial charge on any atom is 0.254 e. The third-order valence-corrected chi connectivity index (χ3v) is 4.99. The zero-order valence-electron chi connectivity index (χ0n) is 14.0. The quantitative estimate of drug-likeness (QED) is 0.790. The van der Waals surface area contributed by atoms with Crippen LogP contribution in [0.2, 0.25) is 0 Å². The number of carbonyl (C=O) groups is 1. The highest BCUT2D eigenvalue weighted by molar-refractivity contribution is 5.94. The van der Waals surface area contributed by atoms with Crippen LogP contribution in [-0.2, 0) is 10.2 Å².